The van der Waals surface area contributed by atoms with E-state index in [1.165, 1.54) is 0 Å². The van der Waals surface area contributed by atoms with Crippen LogP contribution in [0, 0.1) is 0 Å². The fourth-order valence-corrected chi connectivity index (χ4v) is 3.67. The lowest BCUT2D eigenvalue weighted by atomic mass is 10.2. The lowest BCUT2D eigenvalue weighted by Crippen LogP contribution is -2.24. The zero-order valence-electron chi connectivity index (χ0n) is 11.7. The summed E-state index contributed by atoms with van der Waals surface area (Å²) in [6.07, 6.45) is 4.53. The van der Waals surface area contributed by atoms with Crippen molar-refractivity contribution in [2.24, 2.45) is 0 Å². The predicted molar refractivity (Wildman–Crippen MR) is 80.4 cm³/mol. The highest BCUT2D eigenvalue weighted by Crippen LogP contribution is 2.38. The standard InChI is InChI=1S/C14H15N5OS/c1-2-11-17-13(18-20-11)10-4-3-6-19(10)14-12-9(5-7-21-12)15-8-16-14/h5,7-8,10H,2-4,6H2,1H3. The van der Waals surface area contributed by atoms with E-state index in [1.54, 1.807) is 17.7 Å². The van der Waals surface area contributed by atoms with E-state index in [2.05, 4.69) is 30.4 Å². The first-order chi connectivity index (χ1) is 10.4. The monoisotopic (exact) mass is 301 g/mol. The van der Waals surface area contributed by atoms with Gasteiger partial charge in [-0.05, 0) is 24.3 Å². The van der Waals surface area contributed by atoms with E-state index < -0.39 is 0 Å². The molecule has 0 saturated carbocycles. The molecule has 21 heavy (non-hydrogen) atoms. The maximum Gasteiger partial charge on any atom is 0.226 e. The molecule has 0 amide bonds. The molecule has 1 fully saturated rings. The van der Waals surface area contributed by atoms with Gasteiger partial charge in [0.2, 0.25) is 5.89 Å². The maximum absolute atomic E-state index is 5.26. The highest BCUT2D eigenvalue weighted by atomic mass is 32.1. The van der Waals surface area contributed by atoms with Crippen molar-refractivity contribution >= 4 is 27.4 Å². The summed E-state index contributed by atoms with van der Waals surface area (Å²) in [4.78, 5) is 15.6. The van der Waals surface area contributed by atoms with Crippen LogP contribution in [0.2, 0.25) is 0 Å². The van der Waals surface area contributed by atoms with Crippen molar-refractivity contribution in [3.63, 3.8) is 0 Å². The highest BCUT2D eigenvalue weighted by molar-refractivity contribution is 7.17. The minimum atomic E-state index is 0.147. The molecule has 1 saturated heterocycles. The van der Waals surface area contributed by atoms with Crippen molar-refractivity contribution in [2.75, 3.05) is 11.4 Å². The van der Waals surface area contributed by atoms with Gasteiger partial charge in [0.15, 0.2) is 11.6 Å². The Morgan fingerprint density at radius 3 is 3.24 bits per heavy atom. The van der Waals surface area contributed by atoms with E-state index in [-0.39, 0.29) is 6.04 Å². The van der Waals surface area contributed by atoms with Gasteiger partial charge < -0.3 is 9.42 Å². The van der Waals surface area contributed by atoms with Gasteiger partial charge in [-0.1, -0.05) is 12.1 Å². The number of thiophene rings is 1. The molecule has 1 aliphatic heterocycles. The van der Waals surface area contributed by atoms with E-state index >= 15 is 0 Å². The molecule has 1 atom stereocenters. The summed E-state index contributed by atoms with van der Waals surface area (Å²) in [5.74, 6) is 2.45. The Morgan fingerprint density at radius 1 is 1.43 bits per heavy atom. The van der Waals surface area contributed by atoms with Gasteiger partial charge in [-0.3, -0.25) is 0 Å². The summed E-state index contributed by atoms with van der Waals surface area (Å²) < 4.78 is 6.39. The summed E-state index contributed by atoms with van der Waals surface area (Å²) in [5.41, 5.74) is 0.998. The Hall–Kier alpha value is -2.02. The third-order valence-corrected chi connectivity index (χ3v) is 4.73. The molecule has 4 heterocycles. The molecule has 4 rings (SSSR count). The number of hydrogen-bond acceptors (Lipinski definition) is 7. The molecule has 0 radical (unpaired) electrons. The highest BCUT2D eigenvalue weighted by Gasteiger charge is 2.32. The molecule has 1 unspecified atom stereocenters. The average molecular weight is 301 g/mol. The topological polar surface area (TPSA) is 67.9 Å². The van der Waals surface area contributed by atoms with Gasteiger partial charge in [0.05, 0.1) is 16.3 Å². The molecule has 0 N–H and O–H groups in total. The van der Waals surface area contributed by atoms with Crippen LogP contribution in [0.3, 0.4) is 0 Å². The van der Waals surface area contributed by atoms with Crippen molar-refractivity contribution in [3.8, 4) is 0 Å². The van der Waals surface area contributed by atoms with Crippen molar-refractivity contribution < 1.29 is 4.52 Å². The largest absolute Gasteiger partial charge is 0.345 e. The molecule has 0 bridgehead atoms. The molecular formula is C14H15N5OS. The first-order valence-electron chi connectivity index (χ1n) is 7.14. The van der Waals surface area contributed by atoms with Gasteiger partial charge in [-0.15, -0.1) is 11.3 Å². The number of fused-ring (bicyclic) bond motifs is 1. The summed E-state index contributed by atoms with van der Waals surface area (Å²) in [6, 6.07) is 2.18. The lowest BCUT2D eigenvalue weighted by Gasteiger charge is -2.23. The van der Waals surface area contributed by atoms with Crippen molar-refractivity contribution in [1.29, 1.82) is 0 Å². The van der Waals surface area contributed by atoms with Gasteiger partial charge in [0, 0.05) is 13.0 Å². The van der Waals surface area contributed by atoms with Crippen LogP contribution in [-0.2, 0) is 6.42 Å². The molecule has 3 aromatic heterocycles. The second-order valence-corrected chi connectivity index (χ2v) is 6.00. The van der Waals surface area contributed by atoms with Gasteiger partial charge in [0.25, 0.3) is 0 Å². The van der Waals surface area contributed by atoms with Crippen molar-refractivity contribution in [2.45, 2.75) is 32.2 Å². The molecule has 108 valence electrons. The summed E-state index contributed by atoms with van der Waals surface area (Å²) in [6.45, 7) is 2.98. The Kier molecular flexibility index (Phi) is 3.07. The van der Waals surface area contributed by atoms with Crippen LogP contribution in [0.5, 0.6) is 0 Å². The van der Waals surface area contributed by atoms with Crippen LogP contribution < -0.4 is 4.90 Å². The number of anilines is 1. The number of aromatic nitrogens is 4. The second-order valence-electron chi connectivity index (χ2n) is 5.08. The fourth-order valence-electron chi connectivity index (χ4n) is 2.82. The SMILES string of the molecule is CCc1nc(C2CCCN2c2ncnc3ccsc23)no1. The third-order valence-electron chi connectivity index (χ3n) is 3.83. The summed E-state index contributed by atoms with van der Waals surface area (Å²) >= 11 is 1.68. The van der Waals surface area contributed by atoms with Crippen LogP contribution in [0.1, 0.15) is 37.5 Å². The molecule has 6 nitrogen and oxygen atoms in total. The fraction of sp³-hybridized carbons (Fsp3) is 0.429. The molecule has 0 aliphatic carbocycles. The molecule has 0 aromatic carbocycles. The third kappa shape index (κ3) is 2.08. The molecule has 0 spiro atoms. The van der Waals surface area contributed by atoms with Crippen LogP contribution in [0.4, 0.5) is 5.82 Å². The number of rotatable bonds is 3. The Morgan fingerprint density at radius 2 is 2.38 bits per heavy atom. The number of hydrogen-bond donors (Lipinski definition) is 0. The Balaban J connectivity index is 1.74. The molecule has 3 aromatic rings. The van der Waals surface area contributed by atoms with Gasteiger partial charge in [-0.2, -0.15) is 4.98 Å². The van der Waals surface area contributed by atoms with E-state index in [1.807, 2.05) is 13.0 Å². The number of nitrogens with zero attached hydrogens (tertiary/aromatic N) is 5. The van der Waals surface area contributed by atoms with Gasteiger partial charge in [0.1, 0.15) is 6.33 Å². The zero-order chi connectivity index (χ0) is 14.2. The molecule has 1 aliphatic rings. The number of aryl methyl sites for hydroxylation is 1. The van der Waals surface area contributed by atoms with Crippen molar-refractivity contribution in [3.05, 3.63) is 29.5 Å². The second kappa shape index (κ2) is 5.07. The van der Waals surface area contributed by atoms with Crippen LogP contribution >= 0.6 is 11.3 Å². The van der Waals surface area contributed by atoms with Gasteiger partial charge >= 0.3 is 0 Å². The smallest absolute Gasteiger partial charge is 0.226 e. The first kappa shape index (κ1) is 12.7. The average Bonchev–Trinajstić information content (AvgIpc) is 3.25. The van der Waals surface area contributed by atoms with E-state index in [4.69, 9.17) is 4.52 Å². The van der Waals surface area contributed by atoms with Crippen LogP contribution in [0.25, 0.3) is 10.2 Å². The Labute approximate surface area is 125 Å². The molecule has 7 heteroatoms. The summed E-state index contributed by atoms with van der Waals surface area (Å²) in [7, 11) is 0. The van der Waals surface area contributed by atoms with Crippen molar-refractivity contribution in [1.82, 2.24) is 20.1 Å². The quantitative estimate of drug-likeness (QED) is 0.741. The zero-order valence-corrected chi connectivity index (χ0v) is 12.5. The van der Waals surface area contributed by atoms with Gasteiger partial charge in [-0.25, -0.2) is 9.97 Å². The van der Waals surface area contributed by atoms with E-state index in [0.717, 1.165) is 47.7 Å². The lowest BCUT2D eigenvalue weighted by molar-refractivity contribution is 0.373. The van der Waals surface area contributed by atoms with Crippen LogP contribution in [-0.4, -0.2) is 26.7 Å². The molecular weight excluding hydrogens is 286 g/mol. The predicted octanol–water partition coefficient (Wildman–Crippen LogP) is 2.98. The first-order valence-corrected chi connectivity index (χ1v) is 8.02. The van der Waals surface area contributed by atoms with E-state index in [9.17, 15) is 0 Å². The van der Waals surface area contributed by atoms with E-state index in [0.29, 0.717) is 5.89 Å². The normalized spacial score (nSPS) is 18.7. The summed E-state index contributed by atoms with van der Waals surface area (Å²) in [5, 5.41) is 6.20. The van der Waals surface area contributed by atoms with Crippen LogP contribution in [0.15, 0.2) is 22.3 Å². The maximum atomic E-state index is 5.26. The minimum absolute atomic E-state index is 0.147. The Bertz CT molecular complexity index is 767. The minimum Gasteiger partial charge on any atom is -0.345 e.